The summed E-state index contributed by atoms with van der Waals surface area (Å²) in [7, 11) is 0. The lowest BCUT2D eigenvalue weighted by Gasteiger charge is -2.22. The summed E-state index contributed by atoms with van der Waals surface area (Å²) in [5.41, 5.74) is 1.03. The number of hydrogen-bond donors (Lipinski definition) is 1. The summed E-state index contributed by atoms with van der Waals surface area (Å²) < 4.78 is 11.0. The van der Waals surface area contributed by atoms with Crippen molar-refractivity contribution in [2.45, 2.75) is 25.4 Å². The lowest BCUT2D eigenvalue weighted by Crippen LogP contribution is -2.24. The molecule has 1 fully saturated rings. The molecule has 1 atom stereocenters. The maximum absolute atomic E-state index is 5.52. The van der Waals surface area contributed by atoms with Gasteiger partial charge in [0.1, 0.15) is 0 Å². The van der Waals surface area contributed by atoms with Crippen molar-refractivity contribution >= 4 is 12.6 Å². The Balaban J connectivity index is 2.01. The highest BCUT2D eigenvalue weighted by atomic mass is 32.1. The summed E-state index contributed by atoms with van der Waals surface area (Å²) in [6.45, 7) is 6.02. The smallest absolute Gasteiger partial charge is 0.0808 e. The van der Waals surface area contributed by atoms with Crippen LogP contribution in [0.1, 0.15) is 19.3 Å². The Labute approximate surface area is 85.7 Å². The van der Waals surface area contributed by atoms with Crippen molar-refractivity contribution in [3.05, 3.63) is 12.2 Å². The molecule has 0 N–H and O–H groups in total. The fourth-order valence-corrected chi connectivity index (χ4v) is 1.41. The Morgan fingerprint density at radius 2 is 2.38 bits per heavy atom. The van der Waals surface area contributed by atoms with Gasteiger partial charge in [-0.15, -0.1) is 0 Å². The molecule has 0 radical (unpaired) electrons. The van der Waals surface area contributed by atoms with Crippen LogP contribution in [0.15, 0.2) is 12.2 Å². The van der Waals surface area contributed by atoms with Crippen molar-refractivity contribution in [2.75, 3.05) is 25.6 Å². The van der Waals surface area contributed by atoms with E-state index in [2.05, 4.69) is 19.2 Å². The maximum atomic E-state index is 5.52. The molecule has 0 amide bonds. The molecule has 1 aliphatic rings. The quantitative estimate of drug-likeness (QED) is 0.543. The van der Waals surface area contributed by atoms with Crippen molar-refractivity contribution in [1.82, 2.24) is 0 Å². The SMILES string of the molecule is C=C(CS)COCC1CCCCO1. The minimum atomic E-state index is 0.307. The van der Waals surface area contributed by atoms with Crippen LogP contribution >= 0.6 is 12.6 Å². The number of hydrogen-bond acceptors (Lipinski definition) is 3. The van der Waals surface area contributed by atoms with Gasteiger partial charge in [0, 0.05) is 12.4 Å². The van der Waals surface area contributed by atoms with Gasteiger partial charge in [-0.05, 0) is 24.8 Å². The first-order valence-electron chi connectivity index (χ1n) is 4.80. The summed E-state index contributed by atoms with van der Waals surface area (Å²) in [4.78, 5) is 0. The lowest BCUT2D eigenvalue weighted by molar-refractivity contribution is -0.0363. The average molecular weight is 202 g/mol. The fourth-order valence-electron chi connectivity index (χ4n) is 1.32. The summed E-state index contributed by atoms with van der Waals surface area (Å²) in [5.74, 6) is 0.700. The average Bonchev–Trinajstić information content (AvgIpc) is 2.19. The highest BCUT2D eigenvalue weighted by Crippen LogP contribution is 2.12. The van der Waals surface area contributed by atoms with Gasteiger partial charge in [-0.3, -0.25) is 0 Å². The molecule has 0 aromatic carbocycles. The monoisotopic (exact) mass is 202 g/mol. The van der Waals surface area contributed by atoms with Gasteiger partial charge in [0.15, 0.2) is 0 Å². The van der Waals surface area contributed by atoms with Crippen molar-refractivity contribution in [3.8, 4) is 0 Å². The standard InChI is InChI=1S/C10H18O2S/c1-9(8-13)6-11-7-10-4-2-3-5-12-10/h10,13H,1-8H2. The Morgan fingerprint density at radius 3 is 3.00 bits per heavy atom. The first-order valence-corrected chi connectivity index (χ1v) is 5.43. The molecule has 13 heavy (non-hydrogen) atoms. The highest BCUT2D eigenvalue weighted by molar-refractivity contribution is 7.80. The van der Waals surface area contributed by atoms with Crippen molar-refractivity contribution in [1.29, 1.82) is 0 Å². The number of rotatable bonds is 5. The maximum Gasteiger partial charge on any atom is 0.0808 e. The second kappa shape index (κ2) is 6.46. The molecule has 1 heterocycles. The predicted octanol–water partition coefficient (Wildman–Crippen LogP) is 2.06. The van der Waals surface area contributed by atoms with E-state index in [9.17, 15) is 0 Å². The predicted molar refractivity (Wildman–Crippen MR) is 57.4 cm³/mol. The van der Waals surface area contributed by atoms with E-state index in [1.54, 1.807) is 0 Å². The number of thiol groups is 1. The molecular formula is C10H18O2S. The summed E-state index contributed by atoms with van der Waals surface area (Å²) >= 11 is 4.10. The van der Waals surface area contributed by atoms with E-state index in [0.717, 1.165) is 18.6 Å². The van der Waals surface area contributed by atoms with Crippen LogP contribution in [-0.2, 0) is 9.47 Å². The lowest BCUT2D eigenvalue weighted by atomic mass is 10.1. The number of ether oxygens (including phenoxy) is 2. The molecule has 2 nitrogen and oxygen atoms in total. The molecule has 1 unspecified atom stereocenters. The minimum Gasteiger partial charge on any atom is -0.376 e. The normalized spacial score (nSPS) is 23.0. The van der Waals surface area contributed by atoms with Crippen LogP contribution in [0, 0.1) is 0 Å². The zero-order valence-electron chi connectivity index (χ0n) is 8.00. The van der Waals surface area contributed by atoms with Crippen LogP contribution in [0.4, 0.5) is 0 Å². The Bertz CT molecular complexity index is 153. The third-order valence-electron chi connectivity index (χ3n) is 2.11. The molecule has 1 aliphatic heterocycles. The van der Waals surface area contributed by atoms with Gasteiger partial charge in [0.2, 0.25) is 0 Å². The Hall–Kier alpha value is 0.01000. The van der Waals surface area contributed by atoms with Crippen LogP contribution in [0.3, 0.4) is 0 Å². The van der Waals surface area contributed by atoms with E-state index in [4.69, 9.17) is 9.47 Å². The van der Waals surface area contributed by atoms with Gasteiger partial charge in [0.05, 0.1) is 19.3 Å². The van der Waals surface area contributed by atoms with Crippen molar-refractivity contribution in [3.63, 3.8) is 0 Å². The topological polar surface area (TPSA) is 18.5 Å². The van der Waals surface area contributed by atoms with Crippen LogP contribution in [0.2, 0.25) is 0 Å². The molecule has 1 rings (SSSR count). The highest BCUT2D eigenvalue weighted by Gasteiger charge is 2.13. The van der Waals surface area contributed by atoms with Gasteiger partial charge < -0.3 is 9.47 Å². The van der Waals surface area contributed by atoms with Gasteiger partial charge in [-0.2, -0.15) is 12.6 Å². The zero-order valence-corrected chi connectivity index (χ0v) is 8.89. The minimum absolute atomic E-state index is 0.307. The van der Waals surface area contributed by atoms with Crippen molar-refractivity contribution < 1.29 is 9.47 Å². The first-order chi connectivity index (χ1) is 6.33. The van der Waals surface area contributed by atoms with Crippen LogP contribution in [0.5, 0.6) is 0 Å². The second-order valence-electron chi connectivity index (χ2n) is 3.41. The molecular weight excluding hydrogens is 184 g/mol. The molecule has 0 aliphatic carbocycles. The summed E-state index contributed by atoms with van der Waals surface area (Å²) in [5, 5.41) is 0. The van der Waals surface area contributed by atoms with E-state index >= 15 is 0 Å². The first kappa shape index (κ1) is 11.1. The molecule has 0 spiro atoms. The van der Waals surface area contributed by atoms with Gasteiger partial charge in [0.25, 0.3) is 0 Å². The van der Waals surface area contributed by atoms with Crippen LogP contribution in [0.25, 0.3) is 0 Å². The third-order valence-corrected chi connectivity index (χ3v) is 2.55. The van der Waals surface area contributed by atoms with Gasteiger partial charge >= 0.3 is 0 Å². The molecule has 76 valence electrons. The van der Waals surface area contributed by atoms with E-state index < -0.39 is 0 Å². The fraction of sp³-hybridized carbons (Fsp3) is 0.800. The summed E-state index contributed by atoms with van der Waals surface area (Å²) in [6, 6.07) is 0. The second-order valence-corrected chi connectivity index (χ2v) is 3.73. The summed E-state index contributed by atoms with van der Waals surface area (Å²) in [6.07, 6.45) is 3.90. The van der Waals surface area contributed by atoms with Crippen LogP contribution in [-0.4, -0.2) is 31.7 Å². The molecule has 1 saturated heterocycles. The van der Waals surface area contributed by atoms with Gasteiger partial charge in [-0.1, -0.05) is 6.58 Å². The van der Waals surface area contributed by atoms with Crippen LogP contribution < -0.4 is 0 Å². The van der Waals surface area contributed by atoms with Gasteiger partial charge in [-0.25, -0.2) is 0 Å². The third kappa shape index (κ3) is 4.69. The van der Waals surface area contributed by atoms with E-state index in [1.165, 1.54) is 12.8 Å². The molecule has 0 bridgehead atoms. The Morgan fingerprint density at radius 1 is 1.54 bits per heavy atom. The van der Waals surface area contributed by atoms with E-state index in [-0.39, 0.29) is 0 Å². The molecule has 3 heteroatoms. The van der Waals surface area contributed by atoms with E-state index in [0.29, 0.717) is 25.1 Å². The molecule has 0 aromatic rings. The molecule has 0 aromatic heterocycles. The van der Waals surface area contributed by atoms with Crippen molar-refractivity contribution in [2.24, 2.45) is 0 Å². The van der Waals surface area contributed by atoms with E-state index in [1.807, 2.05) is 0 Å². The Kier molecular flexibility index (Phi) is 5.51. The molecule has 0 saturated carbocycles. The zero-order chi connectivity index (χ0) is 9.52. The largest absolute Gasteiger partial charge is 0.376 e.